The molecule has 5 atom stereocenters. The van der Waals surface area contributed by atoms with Gasteiger partial charge in [-0.3, -0.25) is 0 Å². The van der Waals surface area contributed by atoms with Gasteiger partial charge in [0.05, 0.1) is 19.3 Å². The molecule has 1 aromatic carbocycles. The quantitative estimate of drug-likeness (QED) is 0.756. The highest BCUT2D eigenvalue weighted by Crippen LogP contribution is 2.39. The van der Waals surface area contributed by atoms with Crippen LogP contribution in [0.25, 0.3) is 0 Å². The van der Waals surface area contributed by atoms with Gasteiger partial charge in [-0.2, -0.15) is 0 Å². The lowest BCUT2D eigenvalue weighted by Gasteiger charge is -2.28. The van der Waals surface area contributed by atoms with Gasteiger partial charge in [-0.05, 0) is 45.4 Å². The first kappa shape index (κ1) is 19.5. The second-order valence-corrected chi connectivity index (χ2v) is 7.41. The number of rotatable bonds is 7. The average Bonchev–Trinajstić information content (AvgIpc) is 3.05. The Balaban J connectivity index is 1.65. The first-order valence-corrected chi connectivity index (χ1v) is 8.96. The third-order valence-corrected chi connectivity index (χ3v) is 4.33. The molecule has 0 saturated carbocycles. The van der Waals surface area contributed by atoms with Crippen molar-refractivity contribution in [3.05, 3.63) is 29.8 Å². The second-order valence-electron chi connectivity index (χ2n) is 7.41. The fraction of sp³-hybridized carbons (Fsp3) is 0.684. The summed E-state index contributed by atoms with van der Waals surface area (Å²) in [5.74, 6) is 0.0259. The molecule has 146 valence electrons. The minimum atomic E-state index is -1.07. The van der Waals surface area contributed by atoms with Crippen LogP contribution >= 0.6 is 0 Å². The van der Waals surface area contributed by atoms with Crippen LogP contribution in [-0.2, 0) is 25.6 Å². The molecule has 1 aromatic rings. The van der Waals surface area contributed by atoms with Crippen molar-refractivity contribution in [2.75, 3.05) is 6.61 Å². The first-order chi connectivity index (χ1) is 12.3. The van der Waals surface area contributed by atoms with E-state index in [1.165, 1.54) is 0 Å². The Labute approximate surface area is 153 Å². The standard InChI is InChI=1S/C19H28O7/c1-11(2)23-13-7-5-12(6-8-13)10-22-16-15(14(21)9-20)24-18-17(16)25-19(3,4)26-18/h5-8,11,14-18,20-21H,9-10H2,1-4H3/t14-,15+,16-,17-,18-/m1/s1. The van der Waals surface area contributed by atoms with E-state index < -0.39 is 43.1 Å². The summed E-state index contributed by atoms with van der Waals surface area (Å²) < 4.78 is 29.0. The summed E-state index contributed by atoms with van der Waals surface area (Å²) in [7, 11) is 0. The van der Waals surface area contributed by atoms with Crippen molar-refractivity contribution in [2.45, 2.75) is 76.9 Å². The van der Waals surface area contributed by atoms with Crippen molar-refractivity contribution >= 4 is 0 Å². The molecule has 2 aliphatic rings. The first-order valence-electron chi connectivity index (χ1n) is 8.96. The molecule has 0 bridgehead atoms. The lowest BCUT2D eigenvalue weighted by atomic mass is 10.1. The molecule has 7 nitrogen and oxygen atoms in total. The molecule has 2 aliphatic heterocycles. The average molecular weight is 368 g/mol. The Kier molecular flexibility index (Phi) is 5.86. The van der Waals surface area contributed by atoms with Crippen LogP contribution in [0.5, 0.6) is 5.75 Å². The number of aliphatic hydroxyl groups is 2. The van der Waals surface area contributed by atoms with Crippen LogP contribution in [0.1, 0.15) is 33.3 Å². The Morgan fingerprint density at radius 2 is 1.85 bits per heavy atom. The summed E-state index contributed by atoms with van der Waals surface area (Å²) >= 11 is 0. The van der Waals surface area contributed by atoms with E-state index >= 15 is 0 Å². The molecule has 0 amide bonds. The van der Waals surface area contributed by atoms with E-state index in [1.807, 2.05) is 38.1 Å². The summed E-state index contributed by atoms with van der Waals surface area (Å²) in [6.07, 6.45) is -3.29. The molecule has 3 rings (SSSR count). The smallest absolute Gasteiger partial charge is 0.190 e. The minimum absolute atomic E-state index is 0.119. The summed E-state index contributed by atoms with van der Waals surface area (Å²) in [5.41, 5.74) is 0.958. The molecule has 2 heterocycles. The highest BCUT2D eigenvalue weighted by Gasteiger charge is 2.56. The van der Waals surface area contributed by atoms with E-state index in [4.69, 9.17) is 23.7 Å². The van der Waals surface area contributed by atoms with Gasteiger partial charge in [-0.25, -0.2) is 0 Å². The summed E-state index contributed by atoms with van der Waals surface area (Å²) in [5, 5.41) is 19.3. The Hall–Kier alpha value is -1.22. The third kappa shape index (κ3) is 4.36. The van der Waals surface area contributed by atoms with Gasteiger partial charge in [0.25, 0.3) is 0 Å². The summed E-state index contributed by atoms with van der Waals surface area (Å²) in [4.78, 5) is 0. The maximum atomic E-state index is 10.0. The molecular formula is C19H28O7. The normalized spacial score (nSPS) is 31.2. The van der Waals surface area contributed by atoms with Crippen LogP contribution in [0, 0.1) is 0 Å². The molecule has 2 N–H and O–H groups in total. The fourth-order valence-electron chi connectivity index (χ4n) is 3.24. The Bertz CT molecular complexity index is 586. The number of hydrogen-bond donors (Lipinski definition) is 2. The molecule has 26 heavy (non-hydrogen) atoms. The van der Waals surface area contributed by atoms with Gasteiger partial charge in [0.2, 0.25) is 0 Å². The van der Waals surface area contributed by atoms with Crippen LogP contribution in [0.3, 0.4) is 0 Å². The lowest BCUT2D eigenvalue weighted by Crippen LogP contribution is -2.44. The van der Waals surface area contributed by atoms with Crippen LogP contribution < -0.4 is 4.74 Å². The van der Waals surface area contributed by atoms with Gasteiger partial charge in [0.1, 0.15) is 30.2 Å². The van der Waals surface area contributed by atoms with Crippen LogP contribution in [0.2, 0.25) is 0 Å². The predicted octanol–water partition coefficient (Wildman–Crippen LogP) is 1.59. The monoisotopic (exact) mass is 368 g/mol. The summed E-state index contributed by atoms with van der Waals surface area (Å²) in [6.45, 7) is 7.45. The largest absolute Gasteiger partial charge is 0.491 e. The van der Waals surface area contributed by atoms with Crippen molar-refractivity contribution in [2.24, 2.45) is 0 Å². The van der Waals surface area contributed by atoms with Gasteiger partial charge >= 0.3 is 0 Å². The van der Waals surface area contributed by atoms with E-state index in [2.05, 4.69) is 0 Å². The van der Waals surface area contributed by atoms with Crippen LogP contribution in [0.15, 0.2) is 24.3 Å². The number of benzene rings is 1. The topological polar surface area (TPSA) is 86.6 Å². The van der Waals surface area contributed by atoms with E-state index in [-0.39, 0.29) is 6.10 Å². The van der Waals surface area contributed by atoms with Gasteiger partial charge in [0.15, 0.2) is 12.1 Å². The highest BCUT2D eigenvalue weighted by molar-refractivity contribution is 5.27. The van der Waals surface area contributed by atoms with E-state index in [9.17, 15) is 10.2 Å². The van der Waals surface area contributed by atoms with Crippen molar-refractivity contribution < 1.29 is 33.9 Å². The molecule has 0 aromatic heterocycles. The Morgan fingerprint density at radius 3 is 2.46 bits per heavy atom. The van der Waals surface area contributed by atoms with E-state index in [0.717, 1.165) is 11.3 Å². The number of aliphatic hydroxyl groups excluding tert-OH is 2. The Morgan fingerprint density at radius 1 is 1.15 bits per heavy atom. The van der Waals surface area contributed by atoms with Crippen molar-refractivity contribution in [1.29, 1.82) is 0 Å². The maximum Gasteiger partial charge on any atom is 0.190 e. The van der Waals surface area contributed by atoms with Gasteiger partial charge in [-0.1, -0.05) is 12.1 Å². The van der Waals surface area contributed by atoms with E-state index in [1.54, 1.807) is 13.8 Å². The SMILES string of the molecule is CC(C)Oc1ccc(CO[C@@H]2[C@H]([C@H](O)CO)O[C@@H]3OC(C)(C)O[C@@H]32)cc1. The zero-order valence-corrected chi connectivity index (χ0v) is 15.6. The predicted molar refractivity (Wildman–Crippen MR) is 92.6 cm³/mol. The highest BCUT2D eigenvalue weighted by atomic mass is 16.8. The molecule has 7 heteroatoms. The van der Waals surface area contributed by atoms with Gasteiger partial charge in [0, 0.05) is 0 Å². The second kappa shape index (κ2) is 7.80. The molecule has 2 saturated heterocycles. The third-order valence-electron chi connectivity index (χ3n) is 4.33. The summed E-state index contributed by atoms with van der Waals surface area (Å²) in [6, 6.07) is 7.65. The molecule has 2 fully saturated rings. The van der Waals surface area contributed by atoms with Gasteiger partial charge < -0.3 is 33.9 Å². The zero-order chi connectivity index (χ0) is 18.9. The van der Waals surface area contributed by atoms with Crippen molar-refractivity contribution in [3.8, 4) is 5.75 Å². The van der Waals surface area contributed by atoms with E-state index in [0.29, 0.717) is 6.61 Å². The van der Waals surface area contributed by atoms with Crippen LogP contribution in [-0.4, -0.2) is 59.4 Å². The number of hydrogen-bond acceptors (Lipinski definition) is 7. The van der Waals surface area contributed by atoms with Crippen molar-refractivity contribution in [1.82, 2.24) is 0 Å². The zero-order valence-electron chi connectivity index (χ0n) is 15.6. The molecule has 0 unspecified atom stereocenters. The number of fused-ring (bicyclic) bond motifs is 1. The fourth-order valence-corrected chi connectivity index (χ4v) is 3.24. The van der Waals surface area contributed by atoms with Crippen molar-refractivity contribution in [3.63, 3.8) is 0 Å². The molecule has 0 aliphatic carbocycles. The minimum Gasteiger partial charge on any atom is -0.491 e. The molecule has 0 radical (unpaired) electrons. The maximum absolute atomic E-state index is 10.0. The van der Waals surface area contributed by atoms with Crippen LogP contribution in [0.4, 0.5) is 0 Å². The molecule has 0 spiro atoms. The lowest BCUT2D eigenvalue weighted by molar-refractivity contribution is -0.232. The van der Waals surface area contributed by atoms with Gasteiger partial charge in [-0.15, -0.1) is 0 Å². The number of ether oxygens (including phenoxy) is 5. The molecular weight excluding hydrogens is 340 g/mol.